The summed E-state index contributed by atoms with van der Waals surface area (Å²) in [5.41, 5.74) is 8.60. The molecule has 0 radical (unpaired) electrons. The molecule has 0 amide bonds. The lowest BCUT2D eigenvalue weighted by molar-refractivity contribution is 0.471. The van der Waals surface area contributed by atoms with Crippen molar-refractivity contribution in [1.29, 1.82) is 0 Å². The van der Waals surface area contributed by atoms with E-state index in [-0.39, 0.29) is 10.3 Å². The molecule has 0 saturated heterocycles. The van der Waals surface area contributed by atoms with Gasteiger partial charge in [0.05, 0.1) is 0 Å². The van der Waals surface area contributed by atoms with Gasteiger partial charge in [-0.15, -0.1) is 0 Å². The van der Waals surface area contributed by atoms with E-state index < -0.39 is 0 Å². The monoisotopic (exact) mass is 594 g/mol. The number of hydrogen-bond acceptors (Lipinski definition) is 0. The van der Waals surface area contributed by atoms with Crippen molar-refractivity contribution in [3.05, 3.63) is 144 Å². The van der Waals surface area contributed by atoms with Gasteiger partial charge in [-0.1, -0.05) is 163 Å². The molecular weight excluding hydrogens is 554 g/mol. The molecule has 0 nitrogen and oxygen atoms in total. The predicted molar refractivity (Wildman–Crippen MR) is 194 cm³/mol. The Morgan fingerprint density at radius 1 is 0.558 bits per heavy atom. The van der Waals surface area contributed by atoms with Crippen molar-refractivity contribution in [2.75, 3.05) is 0 Å². The number of aryl methyl sites for hydroxylation is 2. The molecule has 0 saturated carbocycles. The third-order valence-corrected chi connectivity index (χ3v) is 13.6. The lowest BCUT2D eigenvalue weighted by Gasteiger charge is -2.41. The van der Waals surface area contributed by atoms with Crippen molar-refractivity contribution in [1.82, 2.24) is 0 Å². The standard InChI is InChI=1S/C41H40P2/c1-5-41(32-15-7-6-8-16-32)24-23-40(4,33-26-28(2)25-29(3)27-33)42-36-21-19-30-13-9-11-17-34(30)38(36)39-35-18-12-10-14-31(35)20-22-37(39)43-41/h6-22,25-27,42-43H,5,23-24H2,1-4H3. The molecule has 0 fully saturated rings. The molecule has 7 rings (SSSR count). The molecule has 6 aromatic carbocycles. The molecule has 1 aliphatic rings. The molecule has 0 spiro atoms. The van der Waals surface area contributed by atoms with Crippen molar-refractivity contribution in [3.8, 4) is 11.1 Å². The first-order chi connectivity index (χ1) is 20.9. The minimum Gasteiger partial charge on any atom is -0.0791 e. The Balaban J connectivity index is 1.59. The summed E-state index contributed by atoms with van der Waals surface area (Å²) in [6, 6.07) is 46.4. The SMILES string of the molecule is CCC1(c2ccccc2)CCC(C)(c2cc(C)cc(C)c2)Pc2ccc3ccccc3c2-c2c(ccc3ccccc23)P1. The lowest BCUT2D eigenvalue weighted by atomic mass is 9.84. The van der Waals surface area contributed by atoms with Gasteiger partial charge >= 0.3 is 0 Å². The predicted octanol–water partition coefficient (Wildman–Crippen LogP) is 10.9. The minimum atomic E-state index is 0.0236. The highest BCUT2D eigenvalue weighted by atomic mass is 31.1. The van der Waals surface area contributed by atoms with Crippen molar-refractivity contribution >= 4 is 49.3 Å². The first kappa shape index (κ1) is 28.5. The highest BCUT2D eigenvalue weighted by Crippen LogP contribution is 2.56. The summed E-state index contributed by atoms with van der Waals surface area (Å²) < 4.78 is 0. The normalized spacial score (nSPS) is 21.6. The number of rotatable bonds is 3. The van der Waals surface area contributed by atoms with Crippen molar-refractivity contribution in [3.63, 3.8) is 0 Å². The van der Waals surface area contributed by atoms with E-state index >= 15 is 0 Å². The van der Waals surface area contributed by atoms with E-state index in [0.29, 0.717) is 17.2 Å². The van der Waals surface area contributed by atoms with Crippen LogP contribution in [0.4, 0.5) is 0 Å². The molecule has 43 heavy (non-hydrogen) atoms. The Morgan fingerprint density at radius 2 is 1.09 bits per heavy atom. The molecule has 4 atom stereocenters. The van der Waals surface area contributed by atoms with Crippen LogP contribution in [-0.4, -0.2) is 0 Å². The fourth-order valence-corrected chi connectivity index (χ4v) is 10.9. The van der Waals surface area contributed by atoms with Gasteiger partial charge < -0.3 is 0 Å². The quantitative estimate of drug-likeness (QED) is 0.179. The molecule has 1 aliphatic heterocycles. The molecule has 0 bridgehead atoms. The molecule has 2 heteroatoms. The third-order valence-electron chi connectivity index (χ3n) is 9.73. The molecule has 6 aromatic rings. The van der Waals surface area contributed by atoms with Gasteiger partial charge in [-0.2, -0.15) is 0 Å². The van der Waals surface area contributed by atoms with Crippen LogP contribution < -0.4 is 10.6 Å². The highest BCUT2D eigenvalue weighted by molar-refractivity contribution is 7.50. The van der Waals surface area contributed by atoms with E-state index in [1.807, 2.05) is 0 Å². The summed E-state index contributed by atoms with van der Waals surface area (Å²) in [6.07, 6.45) is 3.44. The third kappa shape index (κ3) is 5.14. The van der Waals surface area contributed by atoms with Gasteiger partial charge in [0, 0.05) is 10.3 Å². The van der Waals surface area contributed by atoms with Crippen LogP contribution in [0.15, 0.2) is 121 Å². The Morgan fingerprint density at radius 3 is 1.67 bits per heavy atom. The van der Waals surface area contributed by atoms with Crippen LogP contribution in [0.2, 0.25) is 0 Å². The molecule has 1 heterocycles. The number of fused-ring (bicyclic) bond motifs is 7. The second-order valence-corrected chi connectivity index (χ2v) is 16.3. The van der Waals surface area contributed by atoms with Gasteiger partial charge in [0.1, 0.15) is 0 Å². The van der Waals surface area contributed by atoms with E-state index in [1.54, 1.807) is 0 Å². The topological polar surface area (TPSA) is 0 Å². The summed E-state index contributed by atoms with van der Waals surface area (Å²) in [4.78, 5) is 0. The zero-order valence-corrected chi connectivity index (χ0v) is 27.7. The van der Waals surface area contributed by atoms with E-state index in [0.717, 1.165) is 19.3 Å². The van der Waals surface area contributed by atoms with Gasteiger partial charge in [0.15, 0.2) is 0 Å². The Hall–Kier alpha value is -3.30. The maximum absolute atomic E-state index is 2.55. The maximum atomic E-state index is 2.55. The molecule has 0 aromatic heterocycles. The Kier molecular flexibility index (Phi) is 7.50. The summed E-state index contributed by atoms with van der Waals surface area (Å²) in [5.74, 6) is 0. The van der Waals surface area contributed by atoms with Crippen molar-refractivity contribution < 1.29 is 0 Å². The maximum Gasteiger partial charge on any atom is 0.0165 e. The van der Waals surface area contributed by atoms with Crippen LogP contribution in [0.1, 0.15) is 55.4 Å². The second kappa shape index (κ2) is 11.3. The molecule has 0 aliphatic carbocycles. The average Bonchev–Trinajstić information content (AvgIpc) is 3.03. The zero-order valence-electron chi connectivity index (χ0n) is 25.7. The molecule has 4 unspecified atom stereocenters. The first-order valence-electron chi connectivity index (χ1n) is 15.6. The van der Waals surface area contributed by atoms with E-state index in [2.05, 4.69) is 149 Å². The summed E-state index contributed by atoms with van der Waals surface area (Å²) in [7, 11) is 1.32. The molecule has 214 valence electrons. The fourth-order valence-electron chi connectivity index (χ4n) is 7.39. The molecule has 0 N–H and O–H groups in total. The van der Waals surface area contributed by atoms with E-state index in [1.165, 1.54) is 65.5 Å². The Bertz CT molecular complexity index is 1940. The first-order valence-corrected chi connectivity index (χ1v) is 17.6. The average molecular weight is 595 g/mol. The van der Waals surface area contributed by atoms with Gasteiger partial charge in [0.25, 0.3) is 0 Å². The van der Waals surface area contributed by atoms with Gasteiger partial charge in [0.2, 0.25) is 0 Å². The van der Waals surface area contributed by atoms with Crippen LogP contribution in [0.5, 0.6) is 0 Å². The van der Waals surface area contributed by atoms with Gasteiger partial charge in [-0.05, 0) is 87.5 Å². The fraction of sp³-hybridized carbons (Fsp3) is 0.220. The van der Waals surface area contributed by atoms with Crippen LogP contribution in [0.3, 0.4) is 0 Å². The summed E-state index contributed by atoms with van der Waals surface area (Å²) in [5, 5.41) is 8.49. The van der Waals surface area contributed by atoms with E-state index in [9.17, 15) is 0 Å². The summed E-state index contributed by atoms with van der Waals surface area (Å²) >= 11 is 0. The lowest BCUT2D eigenvalue weighted by Crippen LogP contribution is -2.30. The van der Waals surface area contributed by atoms with E-state index in [4.69, 9.17) is 0 Å². The number of benzene rings is 6. The van der Waals surface area contributed by atoms with Gasteiger partial charge in [-0.3, -0.25) is 0 Å². The molecular formula is C41H40P2. The minimum absolute atomic E-state index is 0.0236. The highest BCUT2D eigenvalue weighted by Gasteiger charge is 2.38. The van der Waals surface area contributed by atoms with Crippen molar-refractivity contribution in [2.45, 2.75) is 57.3 Å². The van der Waals surface area contributed by atoms with Crippen LogP contribution in [0, 0.1) is 13.8 Å². The van der Waals surface area contributed by atoms with Crippen LogP contribution in [-0.2, 0) is 10.3 Å². The van der Waals surface area contributed by atoms with Crippen LogP contribution >= 0.6 is 17.2 Å². The smallest absolute Gasteiger partial charge is 0.0165 e. The largest absolute Gasteiger partial charge is 0.0791 e. The van der Waals surface area contributed by atoms with Crippen molar-refractivity contribution in [2.24, 2.45) is 0 Å². The Labute approximate surface area is 260 Å². The number of hydrogen-bond donors (Lipinski definition) is 0. The zero-order chi connectivity index (χ0) is 29.6. The van der Waals surface area contributed by atoms with Gasteiger partial charge in [-0.25, -0.2) is 0 Å². The van der Waals surface area contributed by atoms with Crippen LogP contribution in [0.25, 0.3) is 32.7 Å². The second-order valence-electron chi connectivity index (χ2n) is 12.7. The summed E-state index contributed by atoms with van der Waals surface area (Å²) in [6.45, 7) is 9.49.